The molecule has 2 nitrogen and oxygen atoms in total. The predicted octanol–water partition coefficient (Wildman–Crippen LogP) is 2.68. The van der Waals surface area contributed by atoms with Gasteiger partial charge in [0.05, 0.1) is 4.88 Å². The van der Waals surface area contributed by atoms with Crippen molar-refractivity contribution in [1.82, 2.24) is 4.90 Å². The first-order chi connectivity index (χ1) is 6.70. The number of nitrogens with zero attached hydrogens (tertiary/aromatic N) is 1. The van der Waals surface area contributed by atoms with Gasteiger partial charge in [0.2, 0.25) is 0 Å². The minimum atomic E-state index is 0.225. The van der Waals surface area contributed by atoms with E-state index in [1.807, 2.05) is 23.3 Å². The van der Waals surface area contributed by atoms with Gasteiger partial charge in [-0.1, -0.05) is 0 Å². The van der Waals surface area contributed by atoms with Gasteiger partial charge < -0.3 is 4.90 Å². The van der Waals surface area contributed by atoms with Crippen LogP contribution in [0.4, 0.5) is 0 Å². The van der Waals surface area contributed by atoms with E-state index in [2.05, 4.69) is 6.92 Å². The van der Waals surface area contributed by atoms with Crippen LogP contribution in [-0.2, 0) is 0 Å². The van der Waals surface area contributed by atoms with Crippen LogP contribution in [0.15, 0.2) is 11.4 Å². The lowest BCUT2D eigenvalue weighted by molar-refractivity contribution is 0.0752. The molecular weight excluding hydrogens is 194 g/mol. The molecule has 76 valence electrons. The maximum atomic E-state index is 12.1. The highest BCUT2D eigenvalue weighted by molar-refractivity contribution is 7.12. The Hall–Kier alpha value is -0.830. The smallest absolute Gasteiger partial charge is 0.264 e. The van der Waals surface area contributed by atoms with E-state index >= 15 is 0 Å². The molecule has 0 saturated carbocycles. The summed E-state index contributed by atoms with van der Waals surface area (Å²) in [7, 11) is 0. The van der Waals surface area contributed by atoms with Crippen LogP contribution in [0.3, 0.4) is 0 Å². The first kappa shape index (κ1) is 9.71. The van der Waals surface area contributed by atoms with E-state index in [4.69, 9.17) is 0 Å². The average Bonchev–Trinajstić information content (AvgIpc) is 2.73. The number of hydrogen-bond acceptors (Lipinski definition) is 2. The summed E-state index contributed by atoms with van der Waals surface area (Å²) in [4.78, 5) is 15.0. The topological polar surface area (TPSA) is 20.3 Å². The summed E-state index contributed by atoms with van der Waals surface area (Å²) >= 11 is 1.56. The predicted molar refractivity (Wildman–Crippen MR) is 58.8 cm³/mol. The van der Waals surface area contributed by atoms with Gasteiger partial charge in [0.15, 0.2) is 0 Å². The molecule has 0 bridgehead atoms. The third-order valence-corrected chi connectivity index (χ3v) is 3.87. The molecule has 1 aliphatic heterocycles. The molecule has 0 aliphatic carbocycles. The van der Waals surface area contributed by atoms with Crippen LogP contribution in [0, 0.1) is 6.92 Å². The highest BCUT2D eigenvalue weighted by Gasteiger charge is 2.27. The molecule has 1 atom stereocenters. The molecule has 0 radical (unpaired) electrons. The van der Waals surface area contributed by atoms with Gasteiger partial charge in [0.25, 0.3) is 5.91 Å². The standard InChI is InChI=1S/C11H15NOS/c1-8-5-7-14-10(8)11(13)12-6-3-4-9(12)2/h5,7,9H,3-4,6H2,1-2H3. The van der Waals surface area contributed by atoms with Gasteiger partial charge in [0.1, 0.15) is 0 Å². The van der Waals surface area contributed by atoms with Gasteiger partial charge in [-0.3, -0.25) is 4.79 Å². The summed E-state index contributed by atoms with van der Waals surface area (Å²) in [5.74, 6) is 0.225. The van der Waals surface area contributed by atoms with Gasteiger partial charge in [0, 0.05) is 12.6 Å². The molecule has 2 heterocycles. The molecule has 1 aliphatic rings. The van der Waals surface area contributed by atoms with Crippen molar-refractivity contribution < 1.29 is 4.79 Å². The minimum absolute atomic E-state index is 0.225. The molecule has 0 N–H and O–H groups in total. The summed E-state index contributed by atoms with van der Waals surface area (Å²) in [6.07, 6.45) is 2.30. The molecule has 1 fully saturated rings. The summed E-state index contributed by atoms with van der Waals surface area (Å²) in [6.45, 7) is 5.07. The first-order valence-electron chi connectivity index (χ1n) is 5.05. The maximum Gasteiger partial charge on any atom is 0.264 e. The van der Waals surface area contributed by atoms with Crippen LogP contribution < -0.4 is 0 Å². The SMILES string of the molecule is Cc1ccsc1C(=O)N1CCCC1C. The van der Waals surface area contributed by atoms with Crippen LogP contribution in [-0.4, -0.2) is 23.4 Å². The van der Waals surface area contributed by atoms with Gasteiger partial charge in [-0.25, -0.2) is 0 Å². The van der Waals surface area contributed by atoms with E-state index in [0.29, 0.717) is 6.04 Å². The van der Waals surface area contributed by atoms with Crippen LogP contribution in [0.1, 0.15) is 35.0 Å². The third-order valence-electron chi connectivity index (χ3n) is 2.87. The lowest BCUT2D eigenvalue weighted by Crippen LogP contribution is -2.33. The Labute approximate surface area is 88.5 Å². The van der Waals surface area contributed by atoms with Crippen molar-refractivity contribution in [3.8, 4) is 0 Å². The Morgan fingerprint density at radius 1 is 1.64 bits per heavy atom. The Morgan fingerprint density at radius 2 is 2.43 bits per heavy atom. The number of aryl methyl sites for hydroxylation is 1. The molecule has 1 amide bonds. The van der Waals surface area contributed by atoms with Crippen LogP contribution >= 0.6 is 11.3 Å². The molecule has 1 unspecified atom stereocenters. The summed E-state index contributed by atoms with van der Waals surface area (Å²) in [5, 5.41) is 1.99. The normalized spacial score (nSPS) is 21.6. The minimum Gasteiger partial charge on any atom is -0.335 e. The van der Waals surface area contributed by atoms with Crippen molar-refractivity contribution in [2.24, 2.45) is 0 Å². The van der Waals surface area contributed by atoms with Crippen molar-refractivity contribution in [2.75, 3.05) is 6.54 Å². The number of carbonyl (C=O) groups excluding carboxylic acids is 1. The van der Waals surface area contributed by atoms with Crippen LogP contribution in [0.2, 0.25) is 0 Å². The summed E-state index contributed by atoms with van der Waals surface area (Å²) in [6, 6.07) is 2.43. The highest BCUT2D eigenvalue weighted by Crippen LogP contribution is 2.23. The average molecular weight is 209 g/mol. The lowest BCUT2D eigenvalue weighted by Gasteiger charge is -2.20. The molecule has 2 rings (SSSR count). The van der Waals surface area contributed by atoms with E-state index in [1.165, 1.54) is 0 Å². The fourth-order valence-electron chi connectivity index (χ4n) is 1.96. The zero-order valence-corrected chi connectivity index (χ0v) is 9.43. The lowest BCUT2D eigenvalue weighted by atomic mass is 10.2. The second-order valence-electron chi connectivity index (χ2n) is 3.92. The largest absolute Gasteiger partial charge is 0.335 e. The second kappa shape index (κ2) is 3.73. The fourth-order valence-corrected chi connectivity index (χ4v) is 2.84. The number of rotatable bonds is 1. The highest BCUT2D eigenvalue weighted by atomic mass is 32.1. The fraction of sp³-hybridized carbons (Fsp3) is 0.545. The zero-order valence-electron chi connectivity index (χ0n) is 8.62. The Balaban J connectivity index is 2.20. The van der Waals surface area contributed by atoms with Gasteiger partial charge in [-0.05, 0) is 43.7 Å². The number of likely N-dealkylation sites (tertiary alicyclic amines) is 1. The summed E-state index contributed by atoms with van der Waals surface area (Å²) in [5.41, 5.74) is 1.11. The number of hydrogen-bond donors (Lipinski definition) is 0. The second-order valence-corrected chi connectivity index (χ2v) is 4.84. The van der Waals surface area contributed by atoms with Crippen molar-refractivity contribution in [1.29, 1.82) is 0 Å². The van der Waals surface area contributed by atoms with Crippen LogP contribution in [0.25, 0.3) is 0 Å². The molecule has 0 aromatic carbocycles. The van der Waals surface area contributed by atoms with Crippen molar-refractivity contribution in [2.45, 2.75) is 32.7 Å². The van der Waals surface area contributed by atoms with E-state index in [-0.39, 0.29) is 5.91 Å². The Bertz CT molecular complexity index is 345. The third kappa shape index (κ3) is 1.57. The molecule has 1 aromatic rings. The maximum absolute atomic E-state index is 12.1. The van der Waals surface area contributed by atoms with Gasteiger partial charge in [-0.2, -0.15) is 0 Å². The molecule has 3 heteroatoms. The molecule has 1 aromatic heterocycles. The van der Waals surface area contributed by atoms with Gasteiger partial charge in [-0.15, -0.1) is 11.3 Å². The monoisotopic (exact) mass is 209 g/mol. The van der Waals surface area contributed by atoms with E-state index in [9.17, 15) is 4.79 Å². The first-order valence-corrected chi connectivity index (χ1v) is 5.93. The van der Waals surface area contributed by atoms with Crippen molar-refractivity contribution >= 4 is 17.2 Å². The molecule has 1 saturated heterocycles. The quantitative estimate of drug-likeness (QED) is 0.696. The molecule has 14 heavy (non-hydrogen) atoms. The van der Waals surface area contributed by atoms with E-state index < -0.39 is 0 Å². The number of thiophene rings is 1. The van der Waals surface area contributed by atoms with Crippen LogP contribution in [0.5, 0.6) is 0 Å². The van der Waals surface area contributed by atoms with E-state index in [0.717, 1.165) is 29.8 Å². The Kier molecular flexibility index (Phi) is 2.59. The van der Waals surface area contributed by atoms with Gasteiger partial charge >= 0.3 is 0 Å². The summed E-state index contributed by atoms with van der Waals surface area (Å²) < 4.78 is 0. The van der Waals surface area contributed by atoms with E-state index in [1.54, 1.807) is 11.3 Å². The van der Waals surface area contributed by atoms with Crippen molar-refractivity contribution in [3.05, 3.63) is 21.9 Å². The molecule has 0 spiro atoms. The van der Waals surface area contributed by atoms with Crippen molar-refractivity contribution in [3.63, 3.8) is 0 Å². The Morgan fingerprint density at radius 3 is 2.93 bits per heavy atom. The number of amides is 1. The zero-order chi connectivity index (χ0) is 10.1. The number of carbonyl (C=O) groups is 1. The molecular formula is C11H15NOS.